The summed E-state index contributed by atoms with van der Waals surface area (Å²) in [4.78, 5) is 0. The molecule has 0 bridgehead atoms. The molecule has 0 heterocycles. The van der Waals surface area contributed by atoms with Crippen LogP contribution in [-0.4, -0.2) is 0 Å². The van der Waals surface area contributed by atoms with E-state index in [1.165, 1.54) is 0 Å². The zero-order valence-corrected chi connectivity index (χ0v) is 12.4. The largest absolute Gasteiger partial charge is 0.229 e. The molecule has 0 aliphatic rings. The van der Waals surface area contributed by atoms with Crippen LogP contribution in [0, 0.1) is 0 Å². The van der Waals surface area contributed by atoms with E-state index in [-0.39, 0.29) is 0 Å². The molecule has 2 aromatic rings. The summed E-state index contributed by atoms with van der Waals surface area (Å²) in [5.41, 5.74) is -1.06. The number of hydrogen-bond acceptors (Lipinski definition) is 3. The summed E-state index contributed by atoms with van der Waals surface area (Å²) in [5.74, 6) is 0. The van der Waals surface area contributed by atoms with E-state index >= 15 is 0 Å². The normalized spacial score (nSPS) is 14.0. The van der Waals surface area contributed by atoms with Gasteiger partial charge < -0.3 is 0 Å². The van der Waals surface area contributed by atoms with Gasteiger partial charge in [0.2, 0.25) is 0 Å². The summed E-state index contributed by atoms with van der Waals surface area (Å²) in [7, 11) is 3.19. The smallest absolute Gasteiger partial charge is 0.181 e. The molecule has 0 N–H and O–H groups in total. The first kappa shape index (κ1) is 14.8. The maximum absolute atomic E-state index is 13.8. The minimum atomic E-state index is -1.14. The Kier molecular flexibility index (Phi) is 6.07. The van der Waals surface area contributed by atoms with Crippen LogP contribution in [0.3, 0.4) is 0 Å². The third-order valence-electron chi connectivity index (χ3n) is 2.37. The minimum absolute atomic E-state index is 0.607. The van der Waals surface area contributed by atoms with E-state index in [1.807, 2.05) is 12.1 Å². The van der Waals surface area contributed by atoms with E-state index in [0.717, 1.165) is 31.4 Å². The lowest BCUT2D eigenvalue weighted by atomic mass is 10.2. The summed E-state index contributed by atoms with van der Waals surface area (Å²) in [6, 6.07) is 17.8. The number of halogens is 2. The van der Waals surface area contributed by atoms with Crippen LogP contribution in [0.15, 0.2) is 60.7 Å². The number of hydrogen-bond donors (Lipinski definition) is 0. The van der Waals surface area contributed by atoms with E-state index in [1.54, 1.807) is 48.5 Å². The van der Waals surface area contributed by atoms with Gasteiger partial charge in [-0.15, -0.1) is 0 Å². The summed E-state index contributed by atoms with van der Waals surface area (Å²) >= 11 is 0. The Bertz CT molecular complexity index is 433. The van der Waals surface area contributed by atoms with Gasteiger partial charge in [0.1, 0.15) is 0 Å². The fourth-order valence-electron chi connectivity index (χ4n) is 1.41. The third kappa shape index (κ3) is 4.75. The van der Waals surface area contributed by atoms with E-state index in [4.69, 9.17) is 0 Å². The molecule has 0 spiro atoms. The molecule has 0 fully saturated rings. The Morgan fingerprint density at radius 3 is 1.37 bits per heavy atom. The second-order valence-corrected chi connectivity index (χ2v) is 7.85. The van der Waals surface area contributed by atoms with Crippen molar-refractivity contribution in [2.24, 2.45) is 0 Å². The van der Waals surface area contributed by atoms with Crippen LogP contribution < -0.4 is 0 Å². The predicted molar refractivity (Wildman–Crippen MR) is 83.4 cm³/mol. The maximum atomic E-state index is 13.8. The Labute approximate surface area is 123 Å². The number of alkyl halides is 2. The van der Waals surface area contributed by atoms with Gasteiger partial charge in [0, 0.05) is 0 Å². The third-order valence-corrected chi connectivity index (χ3v) is 6.31. The average molecular weight is 314 g/mol. The fraction of sp³-hybridized carbons (Fsp3) is 0.143. The highest BCUT2D eigenvalue weighted by Gasteiger charge is 2.14. The van der Waals surface area contributed by atoms with Crippen molar-refractivity contribution in [3.8, 4) is 0 Å². The Morgan fingerprint density at radius 1 is 0.632 bits per heavy atom. The summed E-state index contributed by atoms with van der Waals surface area (Å²) in [6.45, 7) is 0. The van der Waals surface area contributed by atoms with Crippen molar-refractivity contribution in [3.05, 3.63) is 71.8 Å². The van der Waals surface area contributed by atoms with Crippen molar-refractivity contribution in [2.45, 2.75) is 11.0 Å². The number of benzene rings is 2. The van der Waals surface area contributed by atoms with Gasteiger partial charge in [0.15, 0.2) is 11.0 Å². The standard InChI is InChI=1S/C14H12F2S3/c15-13(11-7-3-1-4-8-11)17-19-18-14(16)12-9-5-2-6-10-12/h1-10,13-14H. The molecular formula is C14H12F2S3. The molecular weight excluding hydrogens is 302 g/mol. The van der Waals surface area contributed by atoms with Gasteiger partial charge in [0.05, 0.1) is 0 Å². The quantitative estimate of drug-likeness (QED) is 0.570. The summed E-state index contributed by atoms with van der Waals surface area (Å²) < 4.78 is 27.6. The van der Waals surface area contributed by atoms with Crippen molar-refractivity contribution in [1.82, 2.24) is 0 Å². The van der Waals surface area contributed by atoms with Gasteiger partial charge in [-0.1, -0.05) is 60.7 Å². The van der Waals surface area contributed by atoms with Crippen molar-refractivity contribution < 1.29 is 8.78 Å². The van der Waals surface area contributed by atoms with Crippen LogP contribution in [0.1, 0.15) is 22.1 Å². The lowest BCUT2D eigenvalue weighted by Crippen LogP contribution is -1.84. The Balaban J connectivity index is 1.78. The van der Waals surface area contributed by atoms with Crippen LogP contribution in [0.5, 0.6) is 0 Å². The van der Waals surface area contributed by atoms with Crippen LogP contribution in [0.2, 0.25) is 0 Å². The van der Waals surface area contributed by atoms with E-state index in [0.29, 0.717) is 11.1 Å². The SMILES string of the molecule is FC(SSSC(F)c1ccccc1)c1ccccc1. The molecule has 2 aromatic carbocycles. The monoisotopic (exact) mass is 314 g/mol. The first-order valence-corrected chi connectivity index (χ1v) is 9.25. The van der Waals surface area contributed by atoms with Gasteiger partial charge in [-0.3, -0.25) is 0 Å². The van der Waals surface area contributed by atoms with E-state index in [9.17, 15) is 8.78 Å². The molecule has 0 aliphatic heterocycles. The zero-order chi connectivity index (χ0) is 13.5. The second kappa shape index (κ2) is 7.82. The molecule has 100 valence electrons. The molecule has 0 radical (unpaired) electrons. The van der Waals surface area contributed by atoms with Crippen molar-refractivity contribution in [1.29, 1.82) is 0 Å². The first-order valence-electron chi connectivity index (χ1n) is 5.64. The van der Waals surface area contributed by atoms with Crippen LogP contribution in [-0.2, 0) is 0 Å². The summed E-state index contributed by atoms with van der Waals surface area (Å²) in [6.07, 6.45) is 0. The van der Waals surface area contributed by atoms with Crippen LogP contribution in [0.25, 0.3) is 0 Å². The molecule has 2 unspecified atom stereocenters. The molecule has 0 saturated carbocycles. The molecule has 0 amide bonds. The fourth-order valence-corrected chi connectivity index (χ4v) is 5.00. The van der Waals surface area contributed by atoms with Gasteiger partial charge in [-0.2, -0.15) is 0 Å². The molecule has 0 aromatic heterocycles. The maximum Gasteiger partial charge on any atom is 0.181 e. The van der Waals surface area contributed by atoms with Gasteiger partial charge >= 0.3 is 0 Å². The molecule has 2 rings (SSSR count). The van der Waals surface area contributed by atoms with Crippen molar-refractivity contribution in [3.63, 3.8) is 0 Å². The topological polar surface area (TPSA) is 0 Å². The Hall–Kier alpha value is -0.650. The molecule has 0 saturated heterocycles. The van der Waals surface area contributed by atoms with E-state index < -0.39 is 11.0 Å². The predicted octanol–water partition coefficient (Wildman–Crippen LogP) is 6.35. The van der Waals surface area contributed by atoms with Gasteiger partial charge in [0.25, 0.3) is 0 Å². The molecule has 5 heteroatoms. The highest BCUT2D eigenvalue weighted by atomic mass is 33.5. The van der Waals surface area contributed by atoms with E-state index in [2.05, 4.69) is 0 Å². The van der Waals surface area contributed by atoms with Gasteiger partial charge in [-0.25, -0.2) is 8.78 Å². The molecule has 0 nitrogen and oxygen atoms in total. The average Bonchev–Trinajstić information content (AvgIpc) is 2.49. The second-order valence-electron chi connectivity index (χ2n) is 3.71. The van der Waals surface area contributed by atoms with Crippen molar-refractivity contribution in [2.75, 3.05) is 0 Å². The lowest BCUT2D eigenvalue weighted by molar-refractivity contribution is 0.471. The number of rotatable bonds is 6. The molecule has 19 heavy (non-hydrogen) atoms. The highest BCUT2D eigenvalue weighted by molar-refractivity contribution is 9.09. The van der Waals surface area contributed by atoms with Crippen LogP contribution in [0.4, 0.5) is 8.78 Å². The van der Waals surface area contributed by atoms with Crippen LogP contribution >= 0.6 is 31.4 Å². The Morgan fingerprint density at radius 2 is 1.00 bits per heavy atom. The first-order chi connectivity index (χ1) is 9.27. The molecule has 2 atom stereocenters. The highest BCUT2D eigenvalue weighted by Crippen LogP contribution is 2.51. The minimum Gasteiger partial charge on any atom is -0.229 e. The molecule has 0 aliphatic carbocycles. The summed E-state index contributed by atoms with van der Waals surface area (Å²) in [5, 5.41) is 0. The lowest BCUT2D eigenvalue weighted by Gasteiger charge is -2.09. The zero-order valence-electron chi connectivity index (χ0n) is 9.91. The van der Waals surface area contributed by atoms with Gasteiger partial charge in [-0.05, 0) is 42.5 Å². The van der Waals surface area contributed by atoms with Crippen molar-refractivity contribution >= 4 is 31.4 Å².